The van der Waals surface area contributed by atoms with Gasteiger partial charge >= 0.3 is 0 Å². The van der Waals surface area contributed by atoms with Gasteiger partial charge in [-0.15, -0.1) is 0 Å². The lowest BCUT2D eigenvalue weighted by molar-refractivity contribution is -0.122. The molecule has 0 radical (unpaired) electrons. The average Bonchev–Trinajstić information content (AvgIpc) is 2.42. The summed E-state index contributed by atoms with van der Waals surface area (Å²) < 4.78 is 26.4. The Balaban J connectivity index is 2.77. The van der Waals surface area contributed by atoms with Gasteiger partial charge in [0, 0.05) is 11.6 Å². The number of halogens is 2. The average molecular weight is 281 g/mol. The lowest BCUT2D eigenvalue weighted by Gasteiger charge is -2.19. The van der Waals surface area contributed by atoms with Gasteiger partial charge in [-0.25, -0.2) is 8.78 Å². The number of hydrogen-bond donors (Lipinski definition) is 1. The second-order valence-corrected chi connectivity index (χ2v) is 4.26. The maximum Gasteiger partial charge on any atom is 0.235 e. The molecule has 1 amide bonds. The fourth-order valence-electron chi connectivity index (χ4n) is 1.77. The van der Waals surface area contributed by atoms with Crippen LogP contribution in [0.25, 0.3) is 0 Å². The lowest BCUT2D eigenvalue weighted by atomic mass is 10.1. The molecule has 0 unspecified atom stereocenters. The Morgan fingerprint density at radius 1 is 1.40 bits per heavy atom. The van der Waals surface area contributed by atoms with Crippen LogP contribution in [0.1, 0.15) is 25.5 Å². The Morgan fingerprint density at radius 2 is 2.05 bits per heavy atom. The molecule has 0 bridgehead atoms. The van der Waals surface area contributed by atoms with Gasteiger partial charge in [-0.2, -0.15) is 5.26 Å². The molecule has 0 spiro atoms. The van der Waals surface area contributed by atoms with Crippen LogP contribution >= 0.6 is 0 Å². The molecule has 4 nitrogen and oxygen atoms in total. The molecule has 0 heterocycles. The third kappa shape index (κ3) is 4.28. The standard InChI is InChI=1S/C14H17F2N3O/c1-3-19(4-2)9-14(20)18-13(8-17)11-6-5-10(15)7-12(11)16/h5-7,13H,3-4,9H2,1-2H3,(H,18,20)/t13-/m1/s1. The van der Waals surface area contributed by atoms with E-state index in [1.165, 1.54) is 0 Å². The smallest absolute Gasteiger partial charge is 0.235 e. The highest BCUT2D eigenvalue weighted by atomic mass is 19.1. The zero-order valence-corrected chi connectivity index (χ0v) is 11.5. The van der Waals surface area contributed by atoms with Crippen LogP contribution in [0, 0.1) is 23.0 Å². The van der Waals surface area contributed by atoms with Crippen molar-refractivity contribution in [3.05, 3.63) is 35.4 Å². The molecule has 1 aromatic rings. The van der Waals surface area contributed by atoms with Gasteiger partial charge in [-0.05, 0) is 19.2 Å². The number of nitrogens with zero attached hydrogens (tertiary/aromatic N) is 2. The number of likely N-dealkylation sites (N-methyl/N-ethyl adjacent to an activating group) is 1. The summed E-state index contributed by atoms with van der Waals surface area (Å²) in [7, 11) is 0. The molecule has 0 saturated carbocycles. The first-order valence-electron chi connectivity index (χ1n) is 6.38. The van der Waals surface area contributed by atoms with E-state index in [4.69, 9.17) is 5.26 Å². The number of rotatable bonds is 6. The van der Waals surface area contributed by atoms with Gasteiger partial charge in [0.2, 0.25) is 5.91 Å². The quantitative estimate of drug-likeness (QED) is 0.867. The minimum atomic E-state index is -1.13. The predicted octanol–water partition coefficient (Wildman–Crippen LogP) is 1.99. The van der Waals surface area contributed by atoms with Crippen molar-refractivity contribution >= 4 is 5.91 Å². The van der Waals surface area contributed by atoms with Gasteiger partial charge in [0.1, 0.15) is 17.7 Å². The van der Waals surface area contributed by atoms with Gasteiger partial charge in [0.25, 0.3) is 0 Å². The fraction of sp³-hybridized carbons (Fsp3) is 0.429. The minimum absolute atomic E-state index is 0.0400. The molecule has 20 heavy (non-hydrogen) atoms. The Labute approximate surface area is 117 Å². The van der Waals surface area contributed by atoms with Crippen LogP contribution in [0.3, 0.4) is 0 Å². The predicted molar refractivity (Wildman–Crippen MR) is 70.6 cm³/mol. The van der Waals surface area contributed by atoms with Crippen molar-refractivity contribution in [3.8, 4) is 6.07 Å². The lowest BCUT2D eigenvalue weighted by Crippen LogP contribution is -2.38. The summed E-state index contributed by atoms with van der Waals surface area (Å²) in [6.07, 6.45) is 0. The largest absolute Gasteiger partial charge is 0.335 e. The van der Waals surface area contributed by atoms with E-state index in [1.807, 2.05) is 18.7 Å². The van der Waals surface area contributed by atoms with Crippen molar-refractivity contribution < 1.29 is 13.6 Å². The number of benzene rings is 1. The van der Waals surface area contributed by atoms with Gasteiger partial charge in [-0.3, -0.25) is 9.69 Å². The molecular weight excluding hydrogens is 264 g/mol. The van der Waals surface area contributed by atoms with Crippen LogP contribution in [0.15, 0.2) is 18.2 Å². The number of nitriles is 1. The first kappa shape index (κ1) is 16.1. The molecular formula is C14H17F2N3O. The van der Waals surface area contributed by atoms with E-state index in [1.54, 1.807) is 6.07 Å². The van der Waals surface area contributed by atoms with Crippen molar-refractivity contribution in [1.29, 1.82) is 5.26 Å². The van der Waals surface area contributed by atoms with Gasteiger partial charge < -0.3 is 5.32 Å². The molecule has 0 aromatic heterocycles. The number of nitrogens with one attached hydrogen (secondary N) is 1. The molecule has 1 rings (SSSR count). The number of amides is 1. The highest BCUT2D eigenvalue weighted by molar-refractivity contribution is 5.78. The zero-order valence-electron chi connectivity index (χ0n) is 11.5. The number of carbonyl (C=O) groups is 1. The summed E-state index contributed by atoms with van der Waals surface area (Å²) in [4.78, 5) is 13.7. The van der Waals surface area contributed by atoms with Crippen molar-refractivity contribution in [1.82, 2.24) is 10.2 Å². The Hall–Kier alpha value is -2.00. The molecule has 1 aromatic carbocycles. The summed E-state index contributed by atoms with van der Waals surface area (Å²) in [6.45, 7) is 5.36. The van der Waals surface area contributed by atoms with Crippen molar-refractivity contribution in [2.75, 3.05) is 19.6 Å². The Bertz CT molecular complexity index is 510. The Morgan fingerprint density at radius 3 is 2.55 bits per heavy atom. The molecule has 0 aliphatic heterocycles. The molecule has 0 aliphatic carbocycles. The molecule has 0 saturated heterocycles. The minimum Gasteiger partial charge on any atom is -0.335 e. The van der Waals surface area contributed by atoms with Crippen molar-refractivity contribution in [3.63, 3.8) is 0 Å². The van der Waals surface area contributed by atoms with Gasteiger partial charge in [0.15, 0.2) is 0 Å². The van der Waals surface area contributed by atoms with Crippen LogP contribution in [0.2, 0.25) is 0 Å². The van der Waals surface area contributed by atoms with Crippen LogP contribution in [0.5, 0.6) is 0 Å². The maximum absolute atomic E-state index is 13.6. The number of carbonyl (C=O) groups excluding carboxylic acids is 1. The summed E-state index contributed by atoms with van der Waals surface area (Å²) in [5.41, 5.74) is -0.0400. The van der Waals surface area contributed by atoms with Crippen molar-refractivity contribution in [2.45, 2.75) is 19.9 Å². The fourth-order valence-corrected chi connectivity index (χ4v) is 1.77. The second kappa shape index (κ2) is 7.56. The van der Waals surface area contributed by atoms with Crippen LogP contribution in [0.4, 0.5) is 8.78 Å². The van der Waals surface area contributed by atoms with E-state index < -0.39 is 17.7 Å². The van der Waals surface area contributed by atoms with Gasteiger partial charge in [0.05, 0.1) is 12.6 Å². The number of hydrogen-bond acceptors (Lipinski definition) is 3. The third-order valence-corrected chi connectivity index (χ3v) is 2.97. The van der Waals surface area contributed by atoms with Crippen LogP contribution in [-0.4, -0.2) is 30.4 Å². The van der Waals surface area contributed by atoms with E-state index in [9.17, 15) is 13.6 Å². The topological polar surface area (TPSA) is 56.1 Å². The van der Waals surface area contributed by atoms with Crippen LogP contribution in [-0.2, 0) is 4.79 Å². The van der Waals surface area contributed by atoms with E-state index in [-0.39, 0.29) is 18.0 Å². The molecule has 0 aliphatic rings. The summed E-state index contributed by atoms with van der Waals surface area (Å²) >= 11 is 0. The molecule has 1 atom stereocenters. The maximum atomic E-state index is 13.6. The van der Waals surface area contributed by atoms with E-state index in [0.29, 0.717) is 19.2 Å². The Kier molecular flexibility index (Phi) is 6.07. The summed E-state index contributed by atoms with van der Waals surface area (Å²) in [5, 5.41) is 11.5. The summed E-state index contributed by atoms with van der Waals surface area (Å²) in [6, 6.07) is 3.59. The highest BCUT2D eigenvalue weighted by Crippen LogP contribution is 2.17. The van der Waals surface area contributed by atoms with E-state index >= 15 is 0 Å². The molecule has 0 fully saturated rings. The third-order valence-electron chi connectivity index (χ3n) is 2.97. The monoisotopic (exact) mass is 281 g/mol. The summed E-state index contributed by atoms with van der Waals surface area (Å²) in [5.74, 6) is -1.94. The van der Waals surface area contributed by atoms with Crippen molar-refractivity contribution in [2.24, 2.45) is 0 Å². The zero-order chi connectivity index (χ0) is 15.1. The van der Waals surface area contributed by atoms with E-state index in [2.05, 4.69) is 5.32 Å². The SMILES string of the molecule is CCN(CC)CC(=O)N[C@H](C#N)c1ccc(F)cc1F. The highest BCUT2D eigenvalue weighted by Gasteiger charge is 2.19. The second-order valence-electron chi connectivity index (χ2n) is 4.26. The van der Waals surface area contributed by atoms with E-state index in [0.717, 1.165) is 12.1 Å². The first-order chi connectivity index (χ1) is 9.51. The first-order valence-corrected chi connectivity index (χ1v) is 6.38. The normalized spacial score (nSPS) is 12.0. The molecule has 6 heteroatoms. The van der Waals surface area contributed by atoms with Gasteiger partial charge in [-0.1, -0.05) is 19.9 Å². The van der Waals surface area contributed by atoms with Crippen LogP contribution < -0.4 is 5.32 Å². The molecule has 108 valence electrons. The molecule has 1 N–H and O–H groups in total.